The van der Waals surface area contributed by atoms with Crippen molar-refractivity contribution in [1.29, 1.82) is 0 Å². The molecular formula is C24H21N3O4. The van der Waals surface area contributed by atoms with Crippen LogP contribution in [0.5, 0.6) is 0 Å². The fraction of sp³-hybridized carbons (Fsp3) is 0.208. The second kappa shape index (κ2) is 8.10. The van der Waals surface area contributed by atoms with Gasteiger partial charge in [0, 0.05) is 29.3 Å². The van der Waals surface area contributed by atoms with Crippen LogP contribution in [0.2, 0.25) is 0 Å². The minimum Gasteiger partial charge on any atom is -0.481 e. The van der Waals surface area contributed by atoms with Gasteiger partial charge in [-0.1, -0.05) is 54.6 Å². The fourth-order valence-corrected chi connectivity index (χ4v) is 4.06. The third kappa shape index (κ3) is 3.82. The van der Waals surface area contributed by atoms with Crippen molar-refractivity contribution in [2.45, 2.75) is 25.3 Å². The number of aromatic nitrogens is 2. The maximum Gasteiger partial charge on any atom is 0.305 e. The third-order valence-corrected chi connectivity index (χ3v) is 5.56. The lowest BCUT2D eigenvalue weighted by molar-refractivity contribution is -0.137. The molecule has 1 aliphatic heterocycles. The number of carboxylic acid groups (broad SMARTS) is 1. The zero-order chi connectivity index (χ0) is 21.2. The van der Waals surface area contributed by atoms with E-state index in [-0.39, 0.29) is 12.5 Å². The summed E-state index contributed by atoms with van der Waals surface area (Å²) in [5, 5.41) is 9.27. The second-order valence-corrected chi connectivity index (χ2v) is 7.57. The highest BCUT2D eigenvalue weighted by Crippen LogP contribution is 2.38. The van der Waals surface area contributed by atoms with E-state index in [2.05, 4.69) is 4.98 Å². The van der Waals surface area contributed by atoms with Crippen molar-refractivity contribution < 1.29 is 18.7 Å². The Labute approximate surface area is 179 Å². The Kier molecular flexibility index (Phi) is 5.00. The first-order valence-electron chi connectivity index (χ1n) is 10.2. The molecule has 1 unspecified atom stereocenters. The molecule has 3 heterocycles. The molecule has 31 heavy (non-hydrogen) atoms. The van der Waals surface area contributed by atoms with Crippen molar-refractivity contribution in [3.05, 3.63) is 67.2 Å². The summed E-state index contributed by atoms with van der Waals surface area (Å²) in [4.78, 5) is 22.1. The molecular weight excluding hydrogens is 394 g/mol. The average molecular weight is 415 g/mol. The highest BCUT2D eigenvalue weighted by Gasteiger charge is 2.31. The molecule has 7 nitrogen and oxygen atoms in total. The largest absolute Gasteiger partial charge is 0.481 e. The maximum atomic E-state index is 11.3. The minimum absolute atomic E-state index is 0.0737. The summed E-state index contributed by atoms with van der Waals surface area (Å²) in [6.07, 6.45) is 4.89. The molecule has 0 bridgehead atoms. The van der Waals surface area contributed by atoms with E-state index in [0.29, 0.717) is 17.5 Å². The van der Waals surface area contributed by atoms with Crippen LogP contribution < -0.4 is 4.90 Å². The molecule has 1 atom stereocenters. The maximum absolute atomic E-state index is 11.3. The van der Waals surface area contributed by atoms with Crippen molar-refractivity contribution in [3.8, 4) is 33.9 Å². The SMILES string of the molecule is O=C(O)CC1CCCN1c1nc(-c2ccc(-c3cnco3)cc2)c(-c2ccccc2)o1. The van der Waals surface area contributed by atoms with E-state index in [4.69, 9.17) is 13.8 Å². The molecule has 0 radical (unpaired) electrons. The highest BCUT2D eigenvalue weighted by atomic mass is 16.4. The Morgan fingerprint density at radius 2 is 1.84 bits per heavy atom. The smallest absolute Gasteiger partial charge is 0.305 e. The fourth-order valence-electron chi connectivity index (χ4n) is 4.06. The molecule has 0 spiro atoms. The van der Waals surface area contributed by atoms with E-state index in [0.717, 1.165) is 41.8 Å². The summed E-state index contributed by atoms with van der Waals surface area (Å²) >= 11 is 0. The van der Waals surface area contributed by atoms with Gasteiger partial charge in [0.25, 0.3) is 6.01 Å². The Bertz CT molecular complexity index is 1170. The van der Waals surface area contributed by atoms with E-state index in [9.17, 15) is 9.90 Å². The van der Waals surface area contributed by atoms with Gasteiger partial charge in [-0.15, -0.1) is 0 Å². The summed E-state index contributed by atoms with van der Waals surface area (Å²) < 4.78 is 11.6. The minimum atomic E-state index is -0.810. The van der Waals surface area contributed by atoms with Crippen molar-refractivity contribution in [3.63, 3.8) is 0 Å². The molecule has 2 aromatic carbocycles. The van der Waals surface area contributed by atoms with Gasteiger partial charge in [0.2, 0.25) is 0 Å². The quantitative estimate of drug-likeness (QED) is 0.468. The number of rotatable bonds is 6. The zero-order valence-corrected chi connectivity index (χ0v) is 16.8. The van der Waals surface area contributed by atoms with Crippen LogP contribution >= 0.6 is 0 Å². The van der Waals surface area contributed by atoms with Crippen molar-refractivity contribution in [2.75, 3.05) is 11.4 Å². The normalized spacial score (nSPS) is 16.0. The molecule has 0 saturated carbocycles. The average Bonchev–Trinajstić information content (AvgIpc) is 3.55. The summed E-state index contributed by atoms with van der Waals surface area (Å²) in [6, 6.07) is 18.1. The van der Waals surface area contributed by atoms with Gasteiger partial charge in [0.05, 0.1) is 12.6 Å². The van der Waals surface area contributed by atoms with Gasteiger partial charge in [0.1, 0.15) is 5.69 Å². The summed E-state index contributed by atoms with van der Waals surface area (Å²) in [5.41, 5.74) is 3.48. The molecule has 4 aromatic rings. The highest BCUT2D eigenvalue weighted by molar-refractivity contribution is 5.79. The number of oxazole rings is 2. The topological polar surface area (TPSA) is 92.6 Å². The molecule has 0 amide bonds. The van der Waals surface area contributed by atoms with Gasteiger partial charge in [-0.2, -0.15) is 4.98 Å². The summed E-state index contributed by atoms with van der Waals surface area (Å²) in [7, 11) is 0. The van der Waals surface area contributed by atoms with E-state index < -0.39 is 5.97 Å². The molecule has 5 rings (SSSR count). The van der Waals surface area contributed by atoms with Crippen molar-refractivity contribution in [1.82, 2.24) is 9.97 Å². The van der Waals surface area contributed by atoms with Gasteiger partial charge < -0.3 is 18.8 Å². The number of anilines is 1. The van der Waals surface area contributed by atoms with Gasteiger partial charge in [-0.05, 0) is 12.8 Å². The van der Waals surface area contributed by atoms with E-state index in [1.54, 1.807) is 6.20 Å². The number of hydrogen-bond donors (Lipinski definition) is 1. The Morgan fingerprint density at radius 3 is 2.55 bits per heavy atom. The number of aliphatic carboxylic acids is 1. The van der Waals surface area contributed by atoms with Crippen LogP contribution in [0, 0.1) is 0 Å². The van der Waals surface area contributed by atoms with Gasteiger partial charge in [-0.25, -0.2) is 4.98 Å². The van der Waals surface area contributed by atoms with Crippen LogP contribution in [0.4, 0.5) is 6.01 Å². The molecule has 1 N–H and O–H groups in total. The monoisotopic (exact) mass is 415 g/mol. The first-order valence-corrected chi connectivity index (χ1v) is 10.2. The molecule has 1 aliphatic rings. The first-order chi connectivity index (χ1) is 15.2. The van der Waals surface area contributed by atoms with Crippen LogP contribution in [-0.2, 0) is 4.79 Å². The second-order valence-electron chi connectivity index (χ2n) is 7.57. The first kappa shape index (κ1) is 19.1. The van der Waals surface area contributed by atoms with Crippen LogP contribution in [-0.4, -0.2) is 33.6 Å². The molecule has 2 aromatic heterocycles. The number of carbonyl (C=O) groups is 1. The molecule has 1 fully saturated rings. The number of carboxylic acids is 1. The van der Waals surface area contributed by atoms with E-state index in [1.165, 1.54) is 6.39 Å². The van der Waals surface area contributed by atoms with Crippen LogP contribution in [0.15, 0.2) is 76.0 Å². The van der Waals surface area contributed by atoms with Gasteiger partial charge in [0.15, 0.2) is 17.9 Å². The zero-order valence-electron chi connectivity index (χ0n) is 16.8. The lowest BCUT2D eigenvalue weighted by Gasteiger charge is -2.21. The van der Waals surface area contributed by atoms with E-state index >= 15 is 0 Å². The number of benzene rings is 2. The number of hydrogen-bond acceptors (Lipinski definition) is 6. The van der Waals surface area contributed by atoms with Crippen molar-refractivity contribution in [2.24, 2.45) is 0 Å². The summed E-state index contributed by atoms with van der Waals surface area (Å²) in [5.74, 6) is 0.559. The van der Waals surface area contributed by atoms with Crippen molar-refractivity contribution >= 4 is 12.0 Å². The molecule has 1 saturated heterocycles. The molecule has 0 aliphatic carbocycles. The van der Waals surface area contributed by atoms with Crippen LogP contribution in [0.1, 0.15) is 19.3 Å². The van der Waals surface area contributed by atoms with Gasteiger partial charge in [-0.3, -0.25) is 4.79 Å². The van der Waals surface area contributed by atoms with Crippen LogP contribution in [0.3, 0.4) is 0 Å². The number of nitrogens with zero attached hydrogens (tertiary/aromatic N) is 3. The van der Waals surface area contributed by atoms with Crippen LogP contribution in [0.25, 0.3) is 33.9 Å². The molecule has 156 valence electrons. The lowest BCUT2D eigenvalue weighted by Crippen LogP contribution is -2.31. The predicted octanol–water partition coefficient (Wildman–Crippen LogP) is 5.11. The summed E-state index contributed by atoms with van der Waals surface area (Å²) in [6.45, 7) is 0.733. The Morgan fingerprint density at radius 1 is 1.06 bits per heavy atom. The molecule has 7 heteroatoms. The predicted molar refractivity (Wildman–Crippen MR) is 115 cm³/mol. The third-order valence-electron chi connectivity index (χ3n) is 5.56. The lowest BCUT2D eigenvalue weighted by atomic mass is 10.0. The van der Waals surface area contributed by atoms with Gasteiger partial charge >= 0.3 is 5.97 Å². The Hall–Kier alpha value is -3.87. The van der Waals surface area contributed by atoms with E-state index in [1.807, 2.05) is 59.5 Å². The Balaban J connectivity index is 1.55. The standard InChI is InChI=1S/C24H21N3O4/c28-21(29)13-19-7-4-12-27(19)24-26-22(23(31-24)18-5-2-1-3-6-18)17-10-8-16(9-11-17)20-14-25-15-30-20/h1-3,5-6,8-11,14-15,19H,4,7,12-13H2,(H,28,29).